The third kappa shape index (κ3) is 4.11. The number of nitrogens with zero attached hydrogens (tertiary/aromatic N) is 1. The number of aliphatic carboxylic acids is 1. The summed E-state index contributed by atoms with van der Waals surface area (Å²) in [6.45, 7) is 0.673. The largest absolute Gasteiger partial charge is 0.481 e. The molecule has 1 fully saturated rings. The van der Waals surface area contributed by atoms with Crippen molar-refractivity contribution < 1.29 is 32.6 Å². The molecule has 148 valence electrons. The lowest BCUT2D eigenvalue weighted by Crippen LogP contribution is -2.34. The summed E-state index contributed by atoms with van der Waals surface area (Å²) >= 11 is 0. The predicted octanol–water partition coefficient (Wildman–Crippen LogP) is 4.12. The number of rotatable bonds is 4. The van der Waals surface area contributed by atoms with Crippen molar-refractivity contribution in [3.8, 4) is 11.5 Å². The maximum absolute atomic E-state index is 13.2. The summed E-state index contributed by atoms with van der Waals surface area (Å²) in [6.07, 6.45) is -4.70. The van der Waals surface area contributed by atoms with Gasteiger partial charge in [0.1, 0.15) is 11.5 Å². The summed E-state index contributed by atoms with van der Waals surface area (Å²) in [7, 11) is 0. The molecule has 5 nitrogen and oxygen atoms in total. The molecule has 0 saturated carbocycles. The first-order valence-electron chi connectivity index (χ1n) is 8.59. The van der Waals surface area contributed by atoms with Crippen molar-refractivity contribution in [3.05, 3.63) is 59.7 Å². The number of amides is 1. The molecule has 0 radical (unpaired) electrons. The van der Waals surface area contributed by atoms with Crippen LogP contribution in [0.5, 0.6) is 11.5 Å². The Balaban J connectivity index is 1.86. The van der Waals surface area contributed by atoms with Crippen molar-refractivity contribution in [2.24, 2.45) is 11.8 Å². The number of ether oxygens (including phenoxy) is 1. The van der Waals surface area contributed by atoms with Crippen LogP contribution in [-0.4, -0.2) is 41.1 Å². The molecular weight excluding hydrogens is 375 g/mol. The monoisotopic (exact) mass is 393 g/mol. The van der Waals surface area contributed by atoms with Crippen molar-refractivity contribution in [1.29, 1.82) is 0 Å². The number of para-hydroxylation sites is 1. The molecule has 1 aliphatic heterocycles. The van der Waals surface area contributed by atoms with Crippen LogP contribution >= 0.6 is 0 Å². The van der Waals surface area contributed by atoms with Gasteiger partial charge in [0, 0.05) is 13.1 Å². The highest BCUT2D eigenvalue weighted by atomic mass is 19.4. The number of alkyl halides is 3. The first kappa shape index (κ1) is 19.7. The van der Waals surface area contributed by atoms with E-state index in [1.807, 2.05) is 13.0 Å². The van der Waals surface area contributed by atoms with Gasteiger partial charge in [-0.1, -0.05) is 24.3 Å². The molecule has 1 N–H and O–H groups in total. The highest BCUT2D eigenvalue weighted by Gasteiger charge is 2.53. The lowest BCUT2D eigenvalue weighted by atomic mass is 9.96. The van der Waals surface area contributed by atoms with Crippen molar-refractivity contribution in [3.63, 3.8) is 0 Å². The summed E-state index contributed by atoms with van der Waals surface area (Å²) < 4.78 is 45.3. The Morgan fingerprint density at radius 2 is 1.82 bits per heavy atom. The number of halogens is 3. The fraction of sp³-hybridized carbons (Fsp3) is 0.300. The van der Waals surface area contributed by atoms with Crippen molar-refractivity contribution in [2.45, 2.75) is 13.1 Å². The normalized spacial score (nSPS) is 19.5. The molecule has 1 saturated heterocycles. The minimum atomic E-state index is -4.70. The van der Waals surface area contributed by atoms with E-state index in [1.54, 1.807) is 36.4 Å². The van der Waals surface area contributed by atoms with E-state index in [1.165, 1.54) is 6.07 Å². The first-order chi connectivity index (χ1) is 13.2. The topological polar surface area (TPSA) is 66.8 Å². The molecule has 1 heterocycles. The summed E-state index contributed by atoms with van der Waals surface area (Å²) in [4.78, 5) is 25.0. The molecule has 0 bridgehead atoms. The number of benzene rings is 2. The van der Waals surface area contributed by atoms with E-state index in [4.69, 9.17) is 9.84 Å². The molecule has 0 aliphatic carbocycles. The number of likely N-dealkylation sites (tertiary alicyclic amines) is 1. The number of hydrogen-bond acceptors (Lipinski definition) is 3. The van der Waals surface area contributed by atoms with Gasteiger partial charge < -0.3 is 14.7 Å². The molecule has 2 aromatic carbocycles. The van der Waals surface area contributed by atoms with E-state index in [-0.39, 0.29) is 11.3 Å². The van der Waals surface area contributed by atoms with E-state index in [0.717, 1.165) is 10.5 Å². The highest BCUT2D eigenvalue weighted by molar-refractivity contribution is 5.97. The summed E-state index contributed by atoms with van der Waals surface area (Å²) in [5, 5.41) is 9.13. The smallest absolute Gasteiger partial charge is 0.394 e. The molecule has 8 heteroatoms. The van der Waals surface area contributed by atoms with Gasteiger partial charge in [0.25, 0.3) is 5.91 Å². The minimum Gasteiger partial charge on any atom is -0.481 e. The number of carboxylic acids is 1. The molecule has 1 aliphatic rings. The maximum atomic E-state index is 13.2. The van der Waals surface area contributed by atoms with E-state index >= 15 is 0 Å². The Morgan fingerprint density at radius 3 is 2.43 bits per heavy atom. The predicted molar refractivity (Wildman–Crippen MR) is 94.3 cm³/mol. The van der Waals surface area contributed by atoms with E-state index in [0.29, 0.717) is 5.75 Å². The van der Waals surface area contributed by atoms with E-state index in [2.05, 4.69) is 0 Å². The van der Waals surface area contributed by atoms with Crippen LogP contribution in [0.25, 0.3) is 0 Å². The third-order valence-corrected chi connectivity index (χ3v) is 4.68. The van der Waals surface area contributed by atoms with Gasteiger partial charge in [0.2, 0.25) is 0 Å². The second-order valence-corrected chi connectivity index (χ2v) is 6.72. The molecular formula is C20H18F3NO4. The second-order valence-electron chi connectivity index (χ2n) is 6.72. The molecule has 0 spiro atoms. The molecule has 2 atom stereocenters. The van der Waals surface area contributed by atoms with Crippen molar-refractivity contribution >= 4 is 11.9 Å². The van der Waals surface area contributed by atoms with Gasteiger partial charge in [-0.2, -0.15) is 13.2 Å². The number of carbonyl (C=O) groups is 2. The van der Waals surface area contributed by atoms with Gasteiger partial charge in [-0.3, -0.25) is 9.59 Å². The zero-order valence-corrected chi connectivity index (χ0v) is 14.9. The van der Waals surface area contributed by atoms with Crippen molar-refractivity contribution in [1.82, 2.24) is 4.90 Å². The van der Waals surface area contributed by atoms with Crippen LogP contribution in [0.4, 0.5) is 13.2 Å². The molecule has 3 rings (SSSR count). The lowest BCUT2D eigenvalue weighted by Gasteiger charge is -2.19. The van der Waals surface area contributed by atoms with Gasteiger partial charge in [0.15, 0.2) is 0 Å². The average molecular weight is 393 g/mol. The van der Waals surface area contributed by atoms with Gasteiger partial charge in [0.05, 0.1) is 17.4 Å². The van der Waals surface area contributed by atoms with Crippen LogP contribution in [-0.2, 0) is 4.79 Å². The van der Waals surface area contributed by atoms with Crippen LogP contribution < -0.4 is 4.74 Å². The van der Waals surface area contributed by atoms with Crippen molar-refractivity contribution in [2.75, 3.05) is 13.1 Å². The Morgan fingerprint density at radius 1 is 1.11 bits per heavy atom. The first-order valence-corrected chi connectivity index (χ1v) is 8.59. The SMILES string of the molecule is Cc1cccc(Oc2ccccc2C(=O)N2C[C@@H](C(F)(F)F)[C@H](C(=O)O)C2)c1. The fourth-order valence-corrected chi connectivity index (χ4v) is 3.26. The Kier molecular flexibility index (Phi) is 5.31. The molecule has 28 heavy (non-hydrogen) atoms. The molecule has 0 aromatic heterocycles. The van der Waals surface area contributed by atoms with E-state index < -0.39 is 43.0 Å². The minimum absolute atomic E-state index is 0.0796. The third-order valence-electron chi connectivity index (χ3n) is 4.68. The van der Waals surface area contributed by atoms with Crippen LogP contribution in [0, 0.1) is 18.8 Å². The lowest BCUT2D eigenvalue weighted by molar-refractivity contribution is -0.187. The standard InChI is InChI=1S/C20H18F3NO4/c1-12-5-4-6-13(9-12)28-17-8-3-2-7-14(17)18(25)24-10-15(19(26)27)16(11-24)20(21,22)23/h2-9,15-16H,10-11H2,1H3,(H,26,27)/t15-,16-/m1/s1. The van der Waals surface area contributed by atoms with Crippen LogP contribution in [0.2, 0.25) is 0 Å². The van der Waals surface area contributed by atoms with Gasteiger partial charge >= 0.3 is 12.1 Å². The summed E-state index contributed by atoms with van der Waals surface area (Å²) in [5.74, 6) is -5.37. The Hall–Kier alpha value is -3.03. The van der Waals surface area contributed by atoms with Gasteiger partial charge in [-0.05, 0) is 36.8 Å². The quantitative estimate of drug-likeness (QED) is 0.849. The molecule has 2 aromatic rings. The number of carboxylic acid groups (broad SMARTS) is 1. The average Bonchev–Trinajstić information content (AvgIpc) is 3.08. The van der Waals surface area contributed by atoms with Crippen LogP contribution in [0.3, 0.4) is 0 Å². The van der Waals surface area contributed by atoms with Gasteiger partial charge in [-0.15, -0.1) is 0 Å². The summed E-state index contributed by atoms with van der Waals surface area (Å²) in [5.41, 5.74) is 1.02. The van der Waals surface area contributed by atoms with E-state index in [9.17, 15) is 22.8 Å². The van der Waals surface area contributed by atoms with Gasteiger partial charge in [-0.25, -0.2) is 0 Å². The fourth-order valence-electron chi connectivity index (χ4n) is 3.26. The maximum Gasteiger partial charge on any atom is 0.394 e. The number of aryl methyl sites for hydroxylation is 1. The number of carbonyl (C=O) groups excluding carboxylic acids is 1. The second kappa shape index (κ2) is 7.53. The zero-order chi connectivity index (χ0) is 20.5. The zero-order valence-electron chi connectivity index (χ0n) is 14.9. The van der Waals surface area contributed by atoms with Crippen LogP contribution in [0.1, 0.15) is 15.9 Å². The number of hydrogen-bond donors (Lipinski definition) is 1. The molecule has 0 unspecified atom stereocenters. The molecule has 1 amide bonds. The Labute approximate surface area is 159 Å². The van der Waals surface area contributed by atoms with Crippen LogP contribution in [0.15, 0.2) is 48.5 Å². The highest BCUT2D eigenvalue weighted by Crippen LogP contribution is 2.39. The Bertz CT molecular complexity index is 897. The summed E-state index contributed by atoms with van der Waals surface area (Å²) in [6, 6.07) is 13.3.